The predicted octanol–water partition coefficient (Wildman–Crippen LogP) is 1.20. The molecule has 0 spiro atoms. The molecule has 0 aromatic carbocycles. The van der Waals surface area contributed by atoms with Crippen molar-refractivity contribution in [3.63, 3.8) is 0 Å². The Morgan fingerprint density at radius 1 is 0.960 bits per heavy atom. The number of nitrogens with one attached hydrogen (secondary N) is 2. The van der Waals surface area contributed by atoms with Crippen molar-refractivity contribution in [2.24, 2.45) is 0 Å². The summed E-state index contributed by atoms with van der Waals surface area (Å²) in [6.45, 7) is 9.67. The van der Waals surface area contributed by atoms with E-state index in [-0.39, 0.29) is 12.8 Å². The second-order valence-corrected chi connectivity index (χ2v) is 7.44. The molecular weight excluding hydrogens is 332 g/mol. The Kier molecular flexibility index (Phi) is 8.38. The van der Waals surface area contributed by atoms with Crippen LogP contribution in [-0.4, -0.2) is 52.8 Å². The SMILES string of the molecule is CC(C)(C)OC(=O)CC[C@H](NC(=O)CNC(=O)OC(C)(C)C)C(=O)O. The maximum Gasteiger partial charge on any atom is 0.408 e. The molecule has 0 unspecified atom stereocenters. The van der Waals surface area contributed by atoms with Gasteiger partial charge in [-0.25, -0.2) is 9.59 Å². The number of alkyl carbamates (subject to hydrolysis) is 1. The first kappa shape index (κ1) is 22.7. The summed E-state index contributed by atoms with van der Waals surface area (Å²) >= 11 is 0. The van der Waals surface area contributed by atoms with Crippen LogP contribution in [0, 0.1) is 0 Å². The fraction of sp³-hybridized carbons (Fsp3) is 0.750. The molecule has 9 heteroatoms. The summed E-state index contributed by atoms with van der Waals surface area (Å²) in [4.78, 5) is 46.0. The molecule has 0 aromatic heterocycles. The maximum absolute atomic E-state index is 11.7. The van der Waals surface area contributed by atoms with Gasteiger partial charge in [0.2, 0.25) is 5.91 Å². The first-order valence-corrected chi connectivity index (χ1v) is 7.90. The third-order valence-electron chi connectivity index (χ3n) is 2.48. The van der Waals surface area contributed by atoms with Gasteiger partial charge in [-0.2, -0.15) is 0 Å². The zero-order valence-corrected chi connectivity index (χ0v) is 15.6. The Balaban J connectivity index is 4.38. The Bertz CT molecular complexity index is 504. The third kappa shape index (κ3) is 12.7. The number of carbonyl (C=O) groups excluding carboxylic acids is 3. The van der Waals surface area contributed by atoms with Crippen LogP contribution in [0.25, 0.3) is 0 Å². The van der Waals surface area contributed by atoms with E-state index in [1.165, 1.54) is 0 Å². The number of rotatable bonds is 7. The third-order valence-corrected chi connectivity index (χ3v) is 2.48. The summed E-state index contributed by atoms with van der Waals surface area (Å²) in [6, 6.07) is -1.26. The monoisotopic (exact) mass is 360 g/mol. The Hall–Kier alpha value is -2.32. The predicted molar refractivity (Wildman–Crippen MR) is 88.9 cm³/mol. The van der Waals surface area contributed by atoms with Gasteiger partial charge in [0, 0.05) is 6.42 Å². The van der Waals surface area contributed by atoms with Gasteiger partial charge < -0.3 is 25.2 Å². The maximum atomic E-state index is 11.7. The van der Waals surface area contributed by atoms with E-state index < -0.39 is 47.7 Å². The fourth-order valence-electron chi connectivity index (χ4n) is 1.62. The second-order valence-electron chi connectivity index (χ2n) is 7.44. The Morgan fingerprint density at radius 3 is 1.92 bits per heavy atom. The number of hydrogen-bond donors (Lipinski definition) is 3. The molecule has 25 heavy (non-hydrogen) atoms. The summed E-state index contributed by atoms with van der Waals surface area (Å²) in [5, 5.41) is 13.6. The number of carboxylic acids is 1. The average molecular weight is 360 g/mol. The fourth-order valence-corrected chi connectivity index (χ4v) is 1.62. The van der Waals surface area contributed by atoms with Crippen LogP contribution >= 0.6 is 0 Å². The summed E-state index contributed by atoms with van der Waals surface area (Å²) < 4.78 is 10.0. The summed E-state index contributed by atoms with van der Waals surface area (Å²) in [5.74, 6) is -2.54. The van der Waals surface area contributed by atoms with Gasteiger partial charge in [0.05, 0.1) is 0 Å². The molecule has 1 atom stereocenters. The largest absolute Gasteiger partial charge is 0.480 e. The molecule has 0 aliphatic carbocycles. The highest BCUT2D eigenvalue weighted by atomic mass is 16.6. The van der Waals surface area contributed by atoms with Gasteiger partial charge in [0.25, 0.3) is 0 Å². The molecule has 144 valence electrons. The van der Waals surface area contributed by atoms with Gasteiger partial charge in [-0.3, -0.25) is 9.59 Å². The van der Waals surface area contributed by atoms with E-state index in [0.717, 1.165) is 0 Å². The molecule has 0 saturated carbocycles. The highest BCUT2D eigenvalue weighted by molar-refractivity contribution is 5.87. The van der Waals surface area contributed by atoms with Gasteiger partial charge in [-0.05, 0) is 48.0 Å². The van der Waals surface area contributed by atoms with Crippen molar-refractivity contribution >= 4 is 23.9 Å². The molecule has 0 rings (SSSR count). The number of carboxylic acid groups (broad SMARTS) is 1. The lowest BCUT2D eigenvalue weighted by atomic mass is 10.1. The lowest BCUT2D eigenvalue weighted by Crippen LogP contribution is -2.46. The number of esters is 1. The minimum Gasteiger partial charge on any atom is -0.480 e. The highest BCUT2D eigenvalue weighted by Gasteiger charge is 2.24. The quantitative estimate of drug-likeness (QED) is 0.581. The lowest BCUT2D eigenvalue weighted by Gasteiger charge is -2.21. The van der Waals surface area contributed by atoms with Crippen molar-refractivity contribution in [3.8, 4) is 0 Å². The van der Waals surface area contributed by atoms with Gasteiger partial charge in [0.1, 0.15) is 23.8 Å². The average Bonchev–Trinajstić information content (AvgIpc) is 2.36. The first-order valence-electron chi connectivity index (χ1n) is 7.90. The van der Waals surface area contributed by atoms with E-state index in [1.54, 1.807) is 41.5 Å². The van der Waals surface area contributed by atoms with Gasteiger partial charge in [0.15, 0.2) is 0 Å². The summed E-state index contributed by atoms with van der Waals surface area (Å²) in [6.07, 6.45) is -1.07. The summed E-state index contributed by atoms with van der Waals surface area (Å²) in [5.41, 5.74) is -1.38. The van der Waals surface area contributed by atoms with Gasteiger partial charge >= 0.3 is 18.0 Å². The van der Waals surface area contributed by atoms with Crippen LogP contribution in [0.2, 0.25) is 0 Å². The molecule has 0 radical (unpaired) electrons. The number of carbonyl (C=O) groups is 4. The first-order chi connectivity index (χ1) is 11.2. The minimum atomic E-state index is -1.28. The van der Waals surface area contributed by atoms with E-state index in [2.05, 4.69) is 10.6 Å². The second kappa shape index (κ2) is 9.24. The van der Waals surface area contributed by atoms with Crippen LogP contribution in [-0.2, 0) is 23.9 Å². The molecule has 0 fully saturated rings. The molecule has 0 aromatic rings. The van der Waals surface area contributed by atoms with Crippen LogP contribution in [0.5, 0.6) is 0 Å². The van der Waals surface area contributed by atoms with Crippen LogP contribution < -0.4 is 10.6 Å². The zero-order valence-electron chi connectivity index (χ0n) is 15.6. The summed E-state index contributed by atoms with van der Waals surface area (Å²) in [7, 11) is 0. The van der Waals surface area contributed by atoms with E-state index in [0.29, 0.717) is 0 Å². The van der Waals surface area contributed by atoms with Crippen molar-refractivity contribution in [2.75, 3.05) is 6.54 Å². The van der Waals surface area contributed by atoms with E-state index >= 15 is 0 Å². The number of ether oxygens (including phenoxy) is 2. The van der Waals surface area contributed by atoms with E-state index in [1.807, 2.05) is 0 Å². The van der Waals surface area contributed by atoms with Crippen LogP contribution in [0.1, 0.15) is 54.4 Å². The van der Waals surface area contributed by atoms with Crippen molar-refractivity contribution < 1.29 is 33.8 Å². The zero-order chi connectivity index (χ0) is 19.8. The van der Waals surface area contributed by atoms with E-state index in [9.17, 15) is 19.2 Å². The molecule has 3 N–H and O–H groups in total. The van der Waals surface area contributed by atoms with Crippen molar-refractivity contribution in [3.05, 3.63) is 0 Å². The van der Waals surface area contributed by atoms with Gasteiger partial charge in [-0.15, -0.1) is 0 Å². The number of hydrogen-bond acceptors (Lipinski definition) is 6. The lowest BCUT2D eigenvalue weighted by molar-refractivity contribution is -0.155. The van der Waals surface area contributed by atoms with Crippen LogP contribution in [0.4, 0.5) is 4.79 Å². The van der Waals surface area contributed by atoms with Crippen molar-refractivity contribution in [1.82, 2.24) is 10.6 Å². The Morgan fingerprint density at radius 2 is 1.48 bits per heavy atom. The number of amides is 2. The molecule has 2 amide bonds. The van der Waals surface area contributed by atoms with Crippen LogP contribution in [0.15, 0.2) is 0 Å². The Labute approximate surface area is 147 Å². The van der Waals surface area contributed by atoms with Crippen LogP contribution in [0.3, 0.4) is 0 Å². The molecule has 0 heterocycles. The molecule has 0 saturated heterocycles. The van der Waals surface area contributed by atoms with Crippen molar-refractivity contribution in [2.45, 2.75) is 71.6 Å². The molecule has 0 bridgehead atoms. The van der Waals surface area contributed by atoms with Gasteiger partial charge in [-0.1, -0.05) is 0 Å². The normalized spacial score (nSPS) is 12.7. The molecular formula is C16H28N2O7. The molecule has 9 nitrogen and oxygen atoms in total. The highest BCUT2D eigenvalue weighted by Crippen LogP contribution is 2.10. The smallest absolute Gasteiger partial charge is 0.408 e. The van der Waals surface area contributed by atoms with Crippen molar-refractivity contribution in [1.29, 1.82) is 0 Å². The topological polar surface area (TPSA) is 131 Å². The van der Waals surface area contributed by atoms with E-state index in [4.69, 9.17) is 14.6 Å². The molecule has 0 aliphatic rings. The number of aliphatic carboxylic acids is 1. The molecule has 0 aliphatic heterocycles. The standard InChI is InChI=1S/C16H28N2O7/c1-15(2,3)24-12(20)8-7-10(13(21)22)18-11(19)9-17-14(23)25-16(4,5)6/h10H,7-9H2,1-6H3,(H,17,23)(H,18,19)(H,21,22)/t10-/m0/s1. The minimum absolute atomic E-state index is 0.123.